The number of hydrogen-bond donors (Lipinski definition) is 3. The molecule has 3 rings (SSSR count). The minimum Gasteiger partial charge on any atom is -0.507 e. The summed E-state index contributed by atoms with van der Waals surface area (Å²) in [5.41, 5.74) is 7.61. The van der Waals surface area contributed by atoms with Crippen LogP contribution in [0.3, 0.4) is 0 Å². The van der Waals surface area contributed by atoms with E-state index in [4.69, 9.17) is 5.73 Å². The molecule has 1 aliphatic rings. The monoisotopic (exact) mass is 392 g/mol. The van der Waals surface area contributed by atoms with Crippen LogP contribution in [0.15, 0.2) is 59.2 Å². The molecule has 2 aromatic rings. The number of hydrogen-bond acceptors (Lipinski definition) is 5. The maximum atomic E-state index is 13.0. The summed E-state index contributed by atoms with van der Waals surface area (Å²) in [7, 11) is 0. The second-order valence-corrected chi connectivity index (χ2v) is 7.16. The van der Waals surface area contributed by atoms with Crippen molar-refractivity contribution in [1.82, 2.24) is 0 Å². The van der Waals surface area contributed by atoms with Gasteiger partial charge in [0.2, 0.25) is 5.91 Å². The Hall–Kier alpha value is -3.45. The molecular weight excluding hydrogens is 368 g/mol. The highest BCUT2D eigenvalue weighted by molar-refractivity contribution is 6.29. The molecule has 2 aromatic carbocycles. The van der Waals surface area contributed by atoms with E-state index in [2.05, 4.69) is 10.3 Å². The summed E-state index contributed by atoms with van der Waals surface area (Å²) in [4.78, 5) is 31.2. The van der Waals surface area contributed by atoms with E-state index in [0.29, 0.717) is 22.8 Å². The number of nitrogens with two attached hydrogens (primary N) is 1. The van der Waals surface area contributed by atoms with Crippen LogP contribution in [0.4, 0.5) is 11.4 Å². The fraction of sp³-hybridized carbons (Fsp3) is 0.227. The Morgan fingerprint density at radius 3 is 2.52 bits per heavy atom. The number of para-hydroxylation sites is 3. The number of nitrogens with one attached hydrogen (secondary N) is 1. The molecule has 0 saturated carbocycles. The SMILES string of the molecule is CC1=N/C(=C\c2ccccc2O)C(=O)N1c1ccccc1NC(=O)C(N)C(C)C. The van der Waals surface area contributed by atoms with Crippen molar-refractivity contribution in [3.63, 3.8) is 0 Å². The molecule has 0 saturated heterocycles. The summed E-state index contributed by atoms with van der Waals surface area (Å²) in [6.07, 6.45) is 1.54. The maximum Gasteiger partial charge on any atom is 0.282 e. The summed E-state index contributed by atoms with van der Waals surface area (Å²) >= 11 is 0. The fourth-order valence-corrected chi connectivity index (χ4v) is 2.96. The minimum absolute atomic E-state index is 0.0213. The molecular formula is C22H24N4O3. The number of amides is 2. The van der Waals surface area contributed by atoms with Crippen LogP contribution in [0.5, 0.6) is 5.75 Å². The molecule has 7 nitrogen and oxygen atoms in total. The number of benzene rings is 2. The van der Waals surface area contributed by atoms with Crippen molar-refractivity contribution in [2.45, 2.75) is 26.8 Å². The molecule has 4 N–H and O–H groups in total. The van der Waals surface area contributed by atoms with Gasteiger partial charge in [-0.05, 0) is 37.1 Å². The van der Waals surface area contributed by atoms with E-state index in [-0.39, 0.29) is 29.2 Å². The van der Waals surface area contributed by atoms with Gasteiger partial charge in [-0.1, -0.05) is 44.2 Å². The number of rotatable bonds is 5. The highest BCUT2D eigenvalue weighted by Crippen LogP contribution is 2.32. The van der Waals surface area contributed by atoms with E-state index < -0.39 is 6.04 Å². The van der Waals surface area contributed by atoms with Gasteiger partial charge in [0.05, 0.1) is 17.4 Å². The predicted molar refractivity (Wildman–Crippen MR) is 115 cm³/mol. The van der Waals surface area contributed by atoms with Gasteiger partial charge in [-0.25, -0.2) is 4.99 Å². The smallest absolute Gasteiger partial charge is 0.282 e. The molecule has 7 heteroatoms. The predicted octanol–water partition coefficient (Wildman–Crippen LogP) is 3.12. The van der Waals surface area contributed by atoms with E-state index in [1.165, 1.54) is 11.0 Å². The van der Waals surface area contributed by atoms with Crippen LogP contribution in [0, 0.1) is 5.92 Å². The third-order valence-electron chi connectivity index (χ3n) is 4.68. The number of amidine groups is 1. The summed E-state index contributed by atoms with van der Waals surface area (Å²) in [6.45, 7) is 5.45. The first-order valence-corrected chi connectivity index (χ1v) is 9.34. The number of aliphatic imine (C=N–C) groups is 1. The van der Waals surface area contributed by atoms with E-state index in [9.17, 15) is 14.7 Å². The second-order valence-electron chi connectivity index (χ2n) is 7.16. The average Bonchev–Trinajstić information content (AvgIpc) is 2.96. The Kier molecular flexibility index (Phi) is 5.79. The van der Waals surface area contributed by atoms with Crippen LogP contribution in [-0.4, -0.2) is 28.8 Å². The van der Waals surface area contributed by atoms with Gasteiger partial charge in [0.25, 0.3) is 5.91 Å². The van der Waals surface area contributed by atoms with Crippen LogP contribution in [0.25, 0.3) is 6.08 Å². The molecule has 0 spiro atoms. The zero-order chi connectivity index (χ0) is 21.1. The Morgan fingerprint density at radius 2 is 1.83 bits per heavy atom. The molecule has 29 heavy (non-hydrogen) atoms. The second kappa shape index (κ2) is 8.28. The first-order chi connectivity index (χ1) is 13.8. The lowest BCUT2D eigenvalue weighted by Crippen LogP contribution is -2.40. The molecule has 0 fully saturated rings. The number of aromatic hydroxyl groups is 1. The Morgan fingerprint density at radius 1 is 1.17 bits per heavy atom. The first-order valence-electron chi connectivity index (χ1n) is 9.34. The number of carbonyl (C=O) groups is 2. The average molecular weight is 392 g/mol. The molecule has 0 radical (unpaired) electrons. The van der Waals surface area contributed by atoms with Crippen LogP contribution in [-0.2, 0) is 9.59 Å². The van der Waals surface area contributed by atoms with Gasteiger partial charge in [-0.2, -0.15) is 0 Å². The Bertz CT molecular complexity index is 1010. The zero-order valence-electron chi connectivity index (χ0n) is 16.6. The van der Waals surface area contributed by atoms with Gasteiger partial charge in [-0.15, -0.1) is 0 Å². The number of anilines is 2. The summed E-state index contributed by atoms with van der Waals surface area (Å²) in [5, 5.41) is 12.8. The van der Waals surface area contributed by atoms with Crippen molar-refractivity contribution >= 4 is 35.1 Å². The van der Waals surface area contributed by atoms with E-state index in [1.807, 2.05) is 13.8 Å². The van der Waals surface area contributed by atoms with Gasteiger partial charge in [0.1, 0.15) is 17.3 Å². The van der Waals surface area contributed by atoms with Crippen molar-refractivity contribution < 1.29 is 14.7 Å². The summed E-state index contributed by atoms with van der Waals surface area (Å²) < 4.78 is 0. The largest absolute Gasteiger partial charge is 0.507 e. The van der Waals surface area contributed by atoms with Gasteiger partial charge < -0.3 is 16.2 Å². The normalized spacial score (nSPS) is 16.3. The quantitative estimate of drug-likeness (QED) is 0.679. The number of carbonyl (C=O) groups excluding carboxylic acids is 2. The third kappa shape index (κ3) is 4.20. The highest BCUT2D eigenvalue weighted by Gasteiger charge is 2.31. The van der Waals surface area contributed by atoms with Crippen molar-refractivity contribution in [3.05, 3.63) is 59.8 Å². The zero-order valence-corrected chi connectivity index (χ0v) is 16.6. The lowest BCUT2D eigenvalue weighted by molar-refractivity contribution is -0.118. The molecule has 1 heterocycles. The number of phenols is 1. The number of nitrogens with zero attached hydrogens (tertiary/aromatic N) is 2. The Labute approximate surface area is 169 Å². The van der Waals surface area contributed by atoms with Gasteiger partial charge >= 0.3 is 0 Å². The molecule has 1 aliphatic heterocycles. The van der Waals surface area contributed by atoms with Crippen LogP contribution in [0.2, 0.25) is 0 Å². The van der Waals surface area contributed by atoms with Crippen molar-refractivity contribution in [3.8, 4) is 5.75 Å². The van der Waals surface area contributed by atoms with E-state index in [0.717, 1.165) is 0 Å². The van der Waals surface area contributed by atoms with Crippen LogP contribution < -0.4 is 16.0 Å². The number of phenolic OH excluding ortho intramolecular Hbond substituents is 1. The van der Waals surface area contributed by atoms with Crippen molar-refractivity contribution in [2.24, 2.45) is 16.6 Å². The first kappa shape index (κ1) is 20.3. The summed E-state index contributed by atoms with van der Waals surface area (Å²) in [6, 6.07) is 13.0. The molecule has 0 aliphatic carbocycles. The highest BCUT2D eigenvalue weighted by atomic mass is 16.3. The van der Waals surface area contributed by atoms with Gasteiger partial charge in [-0.3, -0.25) is 14.5 Å². The van der Waals surface area contributed by atoms with Gasteiger partial charge in [0, 0.05) is 5.56 Å². The fourth-order valence-electron chi connectivity index (χ4n) is 2.96. The van der Waals surface area contributed by atoms with E-state index in [1.54, 1.807) is 55.5 Å². The molecule has 0 bridgehead atoms. The lowest BCUT2D eigenvalue weighted by Gasteiger charge is -2.22. The lowest BCUT2D eigenvalue weighted by atomic mass is 10.0. The molecule has 1 atom stereocenters. The van der Waals surface area contributed by atoms with E-state index >= 15 is 0 Å². The summed E-state index contributed by atoms with van der Waals surface area (Å²) in [5.74, 6) is -0.160. The molecule has 2 amide bonds. The standard InChI is InChI=1S/C22H24N4O3/c1-13(2)20(23)21(28)25-16-9-5-6-10-18(16)26-14(3)24-17(22(26)29)12-15-8-4-7-11-19(15)27/h4-13,20,27H,23H2,1-3H3,(H,25,28)/b17-12-. The molecule has 0 aromatic heterocycles. The van der Waals surface area contributed by atoms with Crippen LogP contribution in [0.1, 0.15) is 26.3 Å². The minimum atomic E-state index is -0.663. The molecule has 150 valence electrons. The molecule has 1 unspecified atom stereocenters. The maximum absolute atomic E-state index is 13.0. The van der Waals surface area contributed by atoms with Crippen LogP contribution >= 0.6 is 0 Å². The Balaban J connectivity index is 1.93. The van der Waals surface area contributed by atoms with Crippen molar-refractivity contribution in [1.29, 1.82) is 0 Å². The topological polar surface area (TPSA) is 108 Å². The van der Waals surface area contributed by atoms with Crippen molar-refractivity contribution in [2.75, 3.05) is 10.2 Å². The van der Waals surface area contributed by atoms with Gasteiger partial charge in [0.15, 0.2) is 0 Å². The third-order valence-corrected chi connectivity index (χ3v) is 4.68.